The molecule has 46 heavy (non-hydrogen) atoms. The molecule has 1 aliphatic carbocycles. The average molecular weight is 625 g/mol. The van der Waals surface area contributed by atoms with Gasteiger partial charge in [0.05, 0.1) is 29.8 Å². The number of rotatable bonds is 6. The minimum absolute atomic E-state index is 0.0297. The predicted molar refractivity (Wildman–Crippen MR) is 175 cm³/mol. The molecule has 9 heteroatoms. The third-order valence-corrected chi connectivity index (χ3v) is 9.88. The van der Waals surface area contributed by atoms with Crippen LogP contribution in [0.5, 0.6) is 5.75 Å². The molecule has 3 atom stereocenters. The number of Topliss-reactive ketones (excluding diaryl/α,β-unsaturated/α-hetero) is 3. The summed E-state index contributed by atoms with van der Waals surface area (Å²) in [6, 6.07) is 7.02. The Morgan fingerprint density at radius 3 is 2.65 bits per heavy atom. The van der Waals surface area contributed by atoms with Gasteiger partial charge in [-0.2, -0.15) is 5.10 Å². The molecule has 1 saturated heterocycles. The van der Waals surface area contributed by atoms with E-state index in [1.54, 1.807) is 9.58 Å². The number of aromatic nitrogens is 3. The molecule has 1 aromatic carbocycles. The largest absolute Gasteiger partial charge is 0.491 e. The van der Waals surface area contributed by atoms with Crippen LogP contribution in [0.3, 0.4) is 0 Å². The van der Waals surface area contributed by atoms with Crippen LogP contribution in [0.25, 0.3) is 10.9 Å². The smallest absolute Gasteiger partial charge is 0.245 e. The van der Waals surface area contributed by atoms with Crippen LogP contribution in [0, 0.1) is 19.3 Å². The fourth-order valence-electron chi connectivity index (χ4n) is 7.48. The second kappa shape index (κ2) is 12.6. The van der Waals surface area contributed by atoms with E-state index in [-0.39, 0.29) is 53.8 Å². The van der Waals surface area contributed by atoms with E-state index in [0.29, 0.717) is 48.9 Å². The van der Waals surface area contributed by atoms with Crippen molar-refractivity contribution in [3.8, 4) is 5.75 Å². The molecule has 3 aromatic rings. The Bertz CT molecular complexity index is 1750. The Labute approximate surface area is 270 Å². The first-order chi connectivity index (χ1) is 22.0. The summed E-state index contributed by atoms with van der Waals surface area (Å²) in [7, 11) is 0. The summed E-state index contributed by atoms with van der Waals surface area (Å²) in [6.45, 7) is 9.15. The number of ether oxygens (including phenoxy) is 1. The van der Waals surface area contributed by atoms with Gasteiger partial charge in [-0.3, -0.25) is 28.8 Å². The molecule has 1 saturated carbocycles. The van der Waals surface area contributed by atoms with Crippen molar-refractivity contribution in [1.82, 2.24) is 19.7 Å². The third-order valence-electron chi connectivity index (χ3n) is 9.88. The van der Waals surface area contributed by atoms with Gasteiger partial charge in [0.2, 0.25) is 5.91 Å². The standard InChI is InChI=1S/C37H44N4O5/c1-22(2)46-28-16-26-10-8-6-7-9-11-27(43)14-15-37-19-31(32(44)18-30-23(3)12-13-24(4)38-30)41(33(37)20-37)34(45)21-40-36(26)29(17-28)35(39-40)25(5)42/h6,8,12-13,16-17,22,31,33H,7,9-11,14-15,18-21H2,1-5H3/b8-6+/t31-,33+,37-/m0/s1. The molecular formula is C37H44N4O5. The summed E-state index contributed by atoms with van der Waals surface area (Å²) in [4.78, 5) is 60.5. The van der Waals surface area contributed by atoms with Gasteiger partial charge in [0.15, 0.2) is 11.6 Å². The van der Waals surface area contributed by atoms with E-state index in [1.165, 1.54) is 6.92 Å². The number of hydrogen-bond donors (Lipinski definition) is 0. The van der Waals surface area contributed by atoms with E-state index in [1.807, 2.05) is 52.0 Å². The van der Waals surface area contributed by atoms with Crippen LogP contribution in [0.15, 0.2) is 36.4 Å². The number of benzene rings is 1. The van der Waals surface area contributed by atoms with Gasteiger partial charge in [0.25, 0.3) is 0 Å². The van der Waals surface area contributed by atoms with Crippen molar-refractivity contribution < 1.29 is 23.9 Å². The predicted octanol–water partition coefficient (Wildman–Crippen LogP) is 5.84. The van der Waals surface area contributed by atoms with Crippen molar-refractivity contribution in [3.63, 3.8) is 0 Å². The second-order valence-electron chi connectivity index (χ2n) is 13.8. The molecule has 2 bridgehead atoms. The van der Waals surface area contributed by atoms with Crippen molar-refractivity contribution in [2.75, 3.05) is 0 Å². The van der Waals surface area contributed by atoms with Gasteiger partial charge in [-0.1, -0.05) is 18.2 Å². The number of aryl methyl sites for hydroxylation is 2. The van der Waals surface area contributed by atoms with E-state index >= 15 is 0 Å². The molecule has 2 aromatic heterocycles. The maximum Gasteiger partial charge on any atom is 0.245 e. The highest BCUT2D eigenvalue weighted by Crippen LogP contribution is 2.62. The van der Waals surface area contributed by atoms with Crippen LogP contribution >= 0.6 is 0 Å². The second-order valence-corrected chi connectivity index (χ2v) is 13.8. The number of ketones is 3. The van der Waals surface area contributed by atoms with Gasteiger partial charge in [0, 0.05) is 36.9 Å². The van der Waals surface area contributed by atoms with Crippen LogP contribution in [0.2, 0.25) is 0 Å². The topological polar surface area (TPSA) is 111 Å². The van der Waals surface area contributed by atoms with E-state index in [0.717, 1.165) is 47.3 Å². The Balaban J connectivity index is 1.40. The van der Waals surface area contributed by atoms with Gasteiger partial charge >= 0.3 is 0 Å². The normalized spacial score (nSPS) is 24.2. The highest BCUT2D eigenvalue weighted by atomic mass is 16.5. The van der Waals surface area contributed by atoms with E-state index < -0.39 is 6.04 Å². The summed E-state index contributed by atoms with van der Waals surface area (Å²) in [6.07, 6.45) is 9.39. The number of allylic oxidation sites excluding steroid dienone is 2. The first-order valence-electron chi connectivity index (χ1n) is 16.6. The lowest BCUT2D eigenvalue weighted by Gasteiger charge is -2.27. The maximum absolute atomic E-state index is 14.4. The summed E-state index contributed by atoms with van der Waals surface area (Å²) in [5.74, 6) is 0.460. The fraction of sp³-hybridized carbons (Fsp3) is 0.514. The molecule has 1 amide bonds. The first kappa shape index (κ1) is 31.8. The van der Waals surface area contributed by atoms with Crippen LogP contribution in [0.1, 0.15) is 98.7 Å². The number of hydrogen-bond acceptors (Lipinski definition) is 7. The van der Waals surface area contributed by atoms with Crippen LogP contribution in [-0.4, -0.2) is 61.1 Å². The van der Waals surface area contributed by atoms with E-state index in [2.05, 4.69) is 17.1 Å². The lowest BCUT2D eigenvalue weighted by molar-refractivity contribution is -0.139. The number of carbonyl (C=O) groups is 4. The Morgan fingerprint density at radius 2 is 1.89 bits per heavy atom. The van der Waals surface area contributed by atoms with Crippen molar-refractivity contribution in [1.29, 1.82) is 0 Å². The molecule has 0 N–H and O–H groups in total. The summed E-state index contributed by atoms with van der Waals surface area (Å²) < 4.78 is 7.70. The fourth-order valence-corrected chi connectivity index (χ4v) is 7.48. The van der Waals surface area contributed by atoms with Crippen molar-refractivity contribution in [2.24, 2.45) is 5.41 Å². The van der Waals surface area contributed by atoms with Gasteiger partial charge in [-0.05, 0) is 101 Å². The lowest BCUT2D eigenvalue weighted by Crippen LogP contribution is -2.45. The molecule has 0 spiro atoms. The zero-order chi connectivity index (χ0) is 32.7. The number of piperidine rings is 1. The number of pyridine rings is 1. The van der Waals surface area contributed by atoms with Crippen molar-refractivity contribution >= 4 is 34.2 Å². The average Bonchev–Trinajstić information content (AvgIpc) is 3.40. The summed E-state index contributed by atoms with van der Waals surface area (Å²) in [5, 5.41) is 5.35. The molecule has 2 aliphatic heterocycles. The highest BCUT2D eigenvalue weighted by Gasteiger charge is 2.66. The van der Waals surface area contributed by atoms with E-state index in [9.17, 15) is 19.2 Å². The number of nitrogens with zero attached hydrogens (tertiary/aromatic N) is 4. The van der Waals surface area contributed by atoms with Gasteiger partial charge in [0.1, 0.15) is 23.8 Å². The van der Waals surface area contributed by atoms with Gasteiger partial charge in [-0.15, -0.1) is 0 Å². The molecule has 0 unspecified atom stereocenters. The highest BCUT2D eigenvalue weighted by molar-refractivity contribution is 6.06. The molecular weight excluding hydrogens is 580 g/mol. The quantitative estimate of drug-likeness (QED) is 0.250. The zero-order valence-corrected chi connectivity index (χ0v) is 27.6. The maximum atomic E-state index is 14.4. The van der Waals surface area contributed by atoms with Crippen LogP contribution in [-0.2, 0) is 33.8 Å². The molecule has 9 nitrogen and oxygen atoms in total. The summed E-state index contributed by atoms with van der Waals surface area (Å²) >= 11 is 0. The Morgan fingerprint density at radius 1 is 1.09 bits per heavy atom. The van der Waals surface area contributed by atoms with E-state index in [4.69, 9.17) is 9.84 Å². The molecule has 2 fully saturated rings. The molecule has 4 heterocycles. The monoisotopic (exact) mass is 624 g/mol. The Hall–Kier alpha value is -4.14. The van der Waals surface area contributed by atoms with Crippen LogP contribution in [0.4, 0.5) is 0 Å². The van der Waals surface area contributed by atoms with Crippen molar-refractivity contribution in [2.45, 2.75) is 117 Å². The van der Waals surface area contributed by atoms with Crippen molar-refractivity contribution in [3.05, 3.63) is 64.6 Å². The number of amides is 1. The molecule has 6 rings (SSSR count). The lowest BCUT2D eigenvalue weighted by atomic mass is 9.90. The van der Waals surface area contributed by atoms with Gasteiger partial charge < -0.3 is 9.64 Å². The van der Waals surface area contributed by atoms with Crippen LogP contribution < -0.4 is 4.74 Å². The zero-order valence-electron chi connectivity index (χ0n) is 27.6. The first-order valence-corrected chi connectivity index (χ1v) is 16.6. The molecule has 3 aliphatic rings. The SMILES string of the molecule is CC(=O)c1nn2c3c(cc(OC(C)C)cc13)C/C=C/CCCC(=O)CC[C@@]13C[C@@H](C(=O)Cc4nc(C)ccc4C)N(C(=O)C2)[C@@H]1C3. The minimum atomic E-state index is -0.593. The van der Waals surface area contributed by atoms with Gasteiger partial charge in [-0.25, -0.2) is 0 Å². The summed E-state index contributed by atoms with van der Waals surface area (Å²) in [5.41, 5.74) is 4.22. The number of carbonyl (C=O) groups excluding carboxylic acids is 4. The Kier molecular flexibility index (Phi) is 8.70. The minimum Gasteiger partial charge on any atom is -0.491 e. The molecule has 242 valence electrons. The third kappa shape index (κ3) is 6.29. The molecule has 0 radical (unpaired) electrons.